The maximum absolute atomic E-state index is 9.53. The molecule has 0 fully saturated rings. The number of aromatic hydroxyl groups is 1. The molecule has 4 rings (SSSR count). The van der Waals surface area contributed by atoms with E-state index in [1.165, 1.54) is 0 Å². The maximum Gasteiger partial charge on any atom is 0.127 e. The molecule has 1 aromatic heterocycles. The topological polar surface area (TPSA) is 54.5 Å². The molecule has 0 aliphatic heterocycles. The van der Waals surface area contributed by atoms with Crippen molar-refractivity contribution in [3.8, 4) is 39.5 Å². The lowest BCUT2D eigenvalue weighted by Gasteiger charge is -2.15. The van der Waals surface area contributed by atoms with Gasteiger partial charge in [-0.25, -0.2) is 0 Å². The Morgan fingerprint density at radius 3 is 2.00 bits per heavy atom. The number of ether oxygens (including phenoxy) is 2. The summed E-state index contributed by atoms with van der Waals surface area (Å²) in [4.78, 5) is 3.21. The van der Waals surface area contributed by atoms with E-state index >= 15 is 0 Å². The Hall–Kier alpha value is -3.40. The first kappa shape index (κ1) is 16.1. The highest BCUT2D eigenvalue weighted by molar-refractivity contribution is 5.88. The number of rotatable bonds is 4. The highest BCUT2D eigenvalue weighted by atomic mass is 16.5. The SMILES string of the molecule is COc1cc(-c2ccc3[nH]ccc3c2)c(OC)cc1-c1ccc(O)cc1. The summed E-state index contributed by atoms with van der Waals surface area (Å²) in [6, 6.07) is 19.3. The maximum atomic E-state index is 9.53. The molecular weight excluding hydrogens is 326 g/mol. The van der Waals surface area contributed by atoms with Crippen molar-refractivity contribution in [3.63, 3.8) is 0 Å². The molecule has 1 heterocycles. The minimum atomic E-state index is 0.233. The molecule has 0 atom stereocenters. The molecule has 4 nitrogen and oxygen atoms in total. The molecule has 4 aromatic rings. The van der Waals surface area contributed by atoms with Crippen molar-refractivity contribution < 1.29 is 14.6 Å². The molecule has 0 bridgehead atoms. The molecule has 0 saturated heterocycles. The van der Waals surface area contributed by atoms with E-state index in [0.717, 1.165) is 44.7 Å². The Morgan fingerprint density at radius 1 is 0.731 bits per heavy atom. The predicted molar refractivity (Wildman–Crippen MR) is 104 cm³/mol. The number of phenolic OH excluding ortho intramolecular Hbond substituents is 1. The normalized spacial score (nSPS) is 10.8. The zero-order valence-corrected chi connectivity index (χ0v) is 14.6. The van der Waals surface area contributed by atoms with E-state index in [2.05, 4.69) is 23.2 Å². The van der Waals surface area contributed by atoms with Gasteiger partial charge in [-0.1, -0.05) is 18.2 Å². The van der Waals surface area contributed by atoms with E-state index in [1.807, 2.05) is 36.5 Å². The summed E-state index contributed by atoms with van der Waals surface area (Å²) in [6.07, 6.45) is 1.93. The Balaban J connectivity index is 1.88. The van der Waals surface area contributed by atoms with Crippen LogP contribution in [-0.4, -0.2) is 24.3 Å². The van der Waals surface area contributed by atoms with Gasteiger partial charge in [-0.3, -0.25) is 0 Å². The van der Waals surface area contributed by atoms with E-state index < -0.39 is 0 Å². The van der Waals surface area contributed by atoms with Gasteiger partial charge in [0.15, 0.2) is 0 Å². The molecule has 26 heavy (non-hydrogen) atoms. The van der Waals surface area contributed by atoms with Crippen LogP contribution in [0.3, 0.4) is 0 Å². The van der Waals surface area contributed by atoms with Gasteiger partial charge in [0.2, 0.25) is 0 Å². The fraction of sp³-hybridized carbons (Fsp3) is 0.0909. The summed E-state index contributed by atoms with van der Waals surface area (Å²) >= 11 is 0. The van der Waals surface area contributed by atoms with Crippen molar-refractivity contribution in [1.82, 2.24) is 4.98 Å². The first-order chi connectivity index (χ1) is 12.7. The number of phenols is 1. The number of aromatic nitrogens is 1. The summed E-state index contributed by atoms with van der Waals surface area (Å²) in [6.45, 7) is 0. The molecular formula is C22H19NO3. The molecule has 3 aromatic carbocycles. The van der Waals surface area contributed by atoms with Crippen molar-refractivity contribution in [2.45, 2.75) is 0 Å². The zero-order valence-electron chi connectivity index (χ0n) is 14.6. The van der Waals surface area contributed by atoms with Crippen molar-refractivity contribution in [2.75, 3.05) is 14.2 Å². The number of nitrogens with one attached hydrogen (secondary N) is 1. The summed E-state index contributed by atoms with van der Waals surface area (Å²) in [5, 5.41) is 10.7. The van der Waals surface area contributed by atoms with Crippen LogP contribution < -0.4 is 9.47 Å². The van der Waals surface area contributed by atoms with Crippen LogP contribution in [0.25, 0.3) is 33.2 Å². The fourth-order valence-electron chi connectivity index (χ4n) is 3.21. The zero-order chi connectivity index (χ0) is 18.1. The number of methoxy groups -OCH3 is 2. The molecule has 2 N–H and O–H groups in total. The van der Waals surface area contributed by atoms with Gasteiger partial charge in [0.1, 0.15) is 17.2 Å². The monoisotopic (exact) mass is 345 g/mol. The molecule has 0 aliphatic carbocycles. The van der Waals surface area contributed by atoms with Gasteiger partial charge < -0.3 is 19.6 Å². The van der Waals surface area contributed by atoms with Gasteiger partial charge >= 0.3 is 0 Å². The van der Waals surface area contributed by atoms with Crippen LogP contribution in [0.5, 0.6) is 17.2 Å². The van der Waals surface area contributed by atoms with Crippen LogP contribution in [0.4, 0.5) is 0 Å². The standard InChI is InChI=1S/C22H19NO3/c1-25-21-13-19(15-5-8-20-16(11-15)9-10-23-20)22(26-2)12-18(21)14-3-6-17(24)7-4-14/h3-13,23-24H,1-2H3. The Bertz CT molecular complexity index is 1060. The number of hydrogen-bond acceptors (Lipinski definition) is 3. The second-order valence-electron chi connectivity index (χ2n) is 6.08. The van der Waals surface area contributed by atoms with Crippen molar-refractivity contribution in [2.24, 2.45) is 0 Å². The number of benzene rings is 3. The fourth-order valence-corrected chi connectivity index (χ4v) is 3.21. The summed E-state index contributed by atoms with van der Waals surface area (Å²) < 4.78 is 11.3. The number of aromatic amines is 1. The summed E-state index contributed by atoms with van der Waals surface area (Å²) in [5.74, 6) is 1.75. The van der Waals surface area contributed by atoms with E-state index in [9.17, 15) is 5.11 Å². The second kappa shape index (κ2) is 6.48. The van der Waals surface area contributed by atoms with Crippen LogP contribution in [0.1, 0.15) is 0 Å². The molecule has 0 unspecified atom stereocenters. The van der Waals surface area contributed by atoms with Gasteiger partial charge in [-0.15, -0.1) is 0 Å². The minimum absolute atomic E-state index is 0.233. The third-order valence-corrected chi connectivity index (χ3v) is 4.56. The van der Waals surface area contributed by atoms with Crippen molar-refractivity contribution >= 4 is 10.9 Å². The second-order valence-corrected chi connectivity index (χ2v) is 6.08. The molecule has 130 valence electrons. The molecule has 0 saturated carbocycles. The molecule has 0 radical (unpaired) electrons. The average molecular weight is 345 g/mol. The van der Waals surface area contributed by atoms with Gasteiger partial charge in [0.05, 0.1) is 14.2 Å². The van der Waals surface area contributed by atoms with Crippen LogP contribution in [0.15, 0.2) is 66.9 Å². The average Bonchev–Trinajstić information content (AvgIpc) is 3.15. The first-order valence-electron chi connectivity index (χ1n) is 8.32. The molecule has 0 aliphatic rings. The summed E-state index contributed by atoms with van der Waals surface area (Å²) in [5.41, 5.74) is 4.99. The van der Waals surface area contributed by atoms with Crippen LogP contribution >= 0.6 is 0 Å². The molecule has 4 heteroatoms. The van der Waals surface area contributed by atoms with Crippen LogP contribution in [0.2, 0.25) is 0 Å². The smallest absolute Gasteiger partial charge is 0.127 e. The minimum Gasteiger partial charge on any atom is -0.508 e. The Labute approximate surface area is 151 Å². The van der Waals surface area contributed by atoms with E-state index in [1.54, 1.807) is 26.4 Å². The van der Waals surface area contributed by atoms with Crippen molar-refractivity contribution in [3.05, 3.63) is 66.9 Å². The van der Waals surface area contributed by atoms with Gasteiger partial charge in [0, 0.05) is 22.8 Å². The van der Waals surface area contributed by atoms with E-state index in [4.69, 9.17) is 9.47 Å². The highest BCUT2D eigenvalue weighted by Crippen LogP contribution is 2.41. The van der Waals surface area contributed by atoms with Crippen LogP contribution in [-0.2, 0) is 0 Å². The Kier molecular flexibility index (Phi) is 4.01. The molecule has 0 amide bonds. The summed E-state index contributed by atoms with van der Waals surface area (Å²) in [7, 11) is 3.32. The van der Waals surface area contributed by atoms with E-state index in [-0.39, 0.29) is 5.75 Å². The number of H-pyrrole nitrogens is 1. The lowest BCUT2D eigenvalue weighted by molar-refractivity contribution is 0.406. The largest absolute Gasteiger partial charge is 0.508 e. The third-order valence-electron chi connectivity index (χ3n) is 4.56. The van der Waals surface area contributed by atoms with E-state index in [0.29, 0.717) is 0 Å². The quantitative estimate of drug-likeness (QED) is 0.533. The van der Waals surface area contributed by atoms with Gasteiger partial charge in [-0.05, 0) is 59.0 Å². The van der Waals surface area contributed by atoms with Gasteiger partial charge in [0.25, 0.3) is 0 Å². The Morgan fingerprint density at radius 2 is 1.35 bits per heavy atom. The van der Waals surface area contributed by atoms with Crippen LogP contribution in [0, 0.1) is 0 Å². The number of hydrogen-bond donors (Lipinski definition) is 2. The van der Waals surface area contributed by atoms with Crippen molar-refractivity contribution in [1.29, 1.82) is 0 Å². The lowest BCUT2D eigenvalue weighted by atomic mass is 9.97. The third kappa shape index (κ3) is 2.75. The highest BCUT2D eigenvalue weighted by Gasteiger charge is 2.15. The number of fused-ring (bicyclic) bond motifs is 1. The van der Waals surface area contributed by atoms with Gasteiger partial charge in [-0.2, -0.15) is 0 Å². The lowest BCUT2D eigenvalue weighted by Crippen LogP contribution is -1.94. The molecule has 0 spiro atoms. The first-order valence-corrected chi connectivity index (χ1v) is 8.32. The predicted octanol–water partition coefficient (Wildman–Crippen LogP) is 5.22.